The molecule has 0 saturated carbocycles. The van der Waals surface area contributed by atoms with Crippen LogP contribution in [0.3, 0.4) is 0 Å². The van der Waals surface area contributed by atoms with Gasteiger partial charge in [-0.05, 0) is 44.0 Å². The van der Waals surface area contributed by atoms with Gasteiger partial charge in [0.2, 0.25) is 0 Å². The second kappa shape index (κ2) is 6.10. The Hall–Kier alpha value is -1.58. The quantitative estimate of drug-likeness (QED) is 0.811. The average Bonchev–Trinajstić information content (AvgIpc) is 2.21. The van der Waals surface area contributed by atoms with E-state index in [0.29, 0.717) is 18.6 Å². The van der Waals surface area contributed by atoms with E-state index in [1.165, 1.54) is 12.1 Å². The molecule has 0 aliphatic rings. The van der Waals surface area contributed by atoms with Crippen molar-refractivity contribution in [2.75, 3.05) is 0 Å². The van der Waals surface area contributed by atoms with Crippen LogP contribution in [0.15, 0.2) is 24.3 Å². The highest BCUT2D eigenvalue weighted by molar-refractivity contribution is 5.66. The molecule has 1 rings (SSSR count). The van der Waals surface area contributed by atoms with E-state index in [1.807, 2.05) is 6.92 Å². The molecule has 1 aromatic rings. The summed E-state index contributed by atoms with van der Waals surface area (Å²) in [5, 5.41) is 8.46. The van der Waals surface area contributed by atoms with Crippen LogP contribution in [0.5, 0.6) is 5.75 Å². The fraction of sp³-hybridized carbons (Fsp3) is 0.417. The third-order valence-electron chi connectivity index (χ3n) is 2.15. The second-order valence-electron chi connectivity index (χ2n) is 3.67. The monoisotopic (exact) mass is 226 g/mol. The Morgan fingerprint density at radius 3 is 2.62 bits per heavy atom. The van der Waals surface area contributed by atoms with Crippen LogP contribution in [0.2, 0.25) is 0 Å². The summed E-state index contributed by atoms with van der Waals surface area (Å²) in [4.78, 5) is 10.3. The van der Waals surface area contributed by atoms with E-state index in [9.17, 15) is 9.18 Å². The van der Waals surface area contributed by atoms with E-state index in [1.54, 1.807) is 12.1 Å². The van der Waals surface area contributed by atoms with Gasteiger partial charge in [0.05, 0.1) is 6.10 Å². The molecule has 0 amide bonds. The van der Waals surface area contributed by atoms with E-state index in [2.05, 4.69) is 0 Å². The van der Waals surface area contributed by atoms with Gasteiger partial charge in [0.1, 0.15) is 11.6 Å². The molecule has 3 nitrogen and oxygen atoms in total. The molecule has 1 atom stereocenters. The molecule has 88 valence electrons. The van der Waals surface area contributed by atoms with Crippen LogP contribution in [-0.2, 0) is 4.79 Å². The number of hydrogen-bond donors (Lipinski definition) is 1. The Morgan fingerprint density at radius 1 is 1.44 bits per heavy atom. The molecule has 4 heteroatoms. The van der Waals surface area contributed by atoms with Gasteiger partial charge in [-0.1, -0.05) is 0 Å². The van der Waals surface area contributed by atoms with Crippen molar-refractivity contribution in [3.8, 4) is 5.75 Å². The minimum Gasteiger partial charge on any atom is -0.491 e. The topological polar surface area (TPSA) is 46.5 Å². The first-order valence-electron chi connectivity index (χ1n) is 5.22. The van der Waals surface area contributed by atoms with Crippen LogP contribution < -0.4 is 4.74 Å². The highest BCUT2D eigenvalue weighted by Gasteiger charge is 2.05. The van der Waals surface area contributed by atoms with Crippen molar-refractivity contribution >= 4 is 5.97 Å². The van der Waals surface area contributed by atoms with Crippen molar-refractivity contribution in [2.24, 2.45) is 0 Å². The molecule has 0 saturated heterocycles. The number of hydrogen-bond acceptors (Lipinski definition) is 2. The zero-order valence-electron chi connectivity index (χ0n) is 9.15. The SMILES string of the molecule is CC(CCCC(=O)O)Oc1ccc(F)cc1. The van der Waals surface area contributed by atoms with Gasteiger partial charge in [-0.2, -0.15) is 0 Å². The summed E-state index contributed by atoms with van der Waals surface area (Å²) >= 11 is 0. The lowest BCUT2D eigenvalue weighted by Gasteiger charge is -2.13. The summed E-state index contributed by atoms with van der Waals surface area (Å²) < 4.78 is 18.1. The van der Waals surface area contributed by atoms with Crippen molar-refractivity contribution in [3.63, 3.8) is 0 Å². The normalized spacial score (nSPS) is 12.1. The third-order valence-corrected chi connectivity index (χ3v) is 2.15. The molecule has 0 aliphatic heterocycles. The Kier molecular flexibility index (Phi) is 4.76. The molecule has 1 unspecified atom stereocenters. The molecule has 0 heterocycles. The lowest BCUT2D eigenvalue weighted by Crippen LogP contribution is -2.12. The summed E-state index contributed by atoms with van der Waals surface area (Å²) in [7, 11) is 0. The van der Waals surface area contributed by atoms with Gasteiger partial charge >= 0.3 is 5.97 Å². The summed E-state index contributed by atoms with van der Waals surface area (Å²) in [6.45, 7) is 1.87. The molecule has 1 N–H and O–H groups in total. The molecule has 0 aliphatic carbocycles. The van der Waals surface area contributed by atoms with Crippen LogP contribution in [-0.4, -0.2) is 17.2 Å². The average molecular weight is 226 g/mol. The van der Waals surface area contributed by atoms with E-state index in [0.717, 1.165) is 0 Å². The van der Waals surface area contributed by atoms with E-state index in [4.69, 9.17) is 9.84 Å². The van der Waals surface area contributed by atoms with Crippen LogP contribution in [0.4, 0.5) is 4.39 Å². The van der Waals surface area contributed by atoms with Crippen LogP contribution in [0.1, 0.15) is 26.2 Å². The summed E-state index contributed by atoms with van der Waals surface area (Å²) in [6, 6.07) is 5.78. The van der Waals surface area contributed by atoms with Crippen molar-refractivity contribution in [1.82, 2.24) is 0 Å². The number of carboxylic acids is 1. The van der Waals surface area contributed by atoms with Crippen molar-refractivity contribution < 1.29 is 19.0 Å². The van der Waals surface area contributed by atoms with E-state index < -0.39 is 5.97 Å². The van der Waals surface area contributed by atoms with Gasteiger partial charge < -0.3 is 9.84 Å². The first-order valence-corrected chi connectivity index (χ1v) is 5.22. The van der Waals surface area contributed by atoms with Crippen LogP contribution in [0, 0.1) is 5.82 Å². The number of carbonyl (C=O) groups is 1. The zero-order valence-corrected chi connectivity index (χ0v) is 9.15. The van der Waals surface area contributed by atoms with Crippen molar-refractivity contribution in [2.45, 2.75) is 32.3 Å². The highest BCUT2D eigenvalue weighted by Crippen LogP contribution is 2.15. The van der Waals surface area contributed by atoms with Crippen molar-refractivity contribution in [1.29, 1.82) is 0 Å². The minimum absolute atomic E-state index is 0.0650. The Balaban J connectivity index is 2.31. The third kappa shape index (κ3) is 4.77. The summed E-state index contributed by atoms with van der Waals surface area (Å²) in [5.41, 5.74) is 0. The van der Waals surface area contributed by atoms with Crippen LogP contribution >= 0.6 is 0 Å². The van der Waals surface area contributed by atoms with Gasteiger partial charge in [-0.3, -0.25) is 4.79 Å². The highest BCUT2D eigenvalue weighted by atomic mass is 19.1. The van der Waals surface area contributed by atoms with Gasteiger partial charge in [-0.25, -0.2) is 4.39 Å². The molecule has 0 radical (unpaired) electrons. The predicted octanol–water partition coefficient (Wildman–Crippen LogP) is 2.85. The number of aliphatic carboxylic acids is 1. The Labute approximate surface area is 93.9 Å². The fourth-order valence-corrected chi connectivity index (χ4v) is 1.35. The van der Waals surface area contributed by atoms with Gasteiger partial charge in [0.25, 0.3) is 0 Å². The smallest absolute Gasteiger partial charge is 0.303 e. The Morgan fingerprint density at radius 2 is 2.06 bits per heavy atom. The molecule has 0 aromatic heterocycles. The molecular formula is C12H15FO3. The molecule has 0 fully saturated rings. The van der Waals surface area contributed by atoms with Crippen molar-refractivity contribution in [3.05, 3.63) is 30.1 Å². The van der Waals surface area contributed by atoms with E-state index >= 15 is 0 Å². The minimum atomic E-state index is -0.797. The lowest BCUT2D eigenvalue weighted by atomic mass is 10.2. The molecular weight excluding hydrogens is 211 g/mol. The van der Waals surface area contributed by atoms with Gasteiger partial charge in [0.15, 0.2) is 0 Å². The first kappa shape index (κ1) is 12.5. The predicted molar refractivity (Wildman–Crippen MR) is 58.0 cm³/mol. The number of ether oxygens (including phenoxy) is 1. The number of benzene rings is 1. The van der Waals surface area contributed by atoms with Gasteiger partial charge in [-0.15, -0.1) is 0 Å². The summed E-state index contributed by atoms with van der Waals surface area (Å²) in [6.07, 6.45) is 1.34. The maximum absolute atomic E-state index is 12.6. The fourth-order valence-electron chi connectivity index (χ4n) is 1.35. The zero-order chi connectivity index (χ0) is 12.0. The second-order valence-corrected chi connectivity index (χ2v) is 3.67. The summed E-state index contributed by atoms with van der Waals surface area (Å²) in [5.74, 6) is -0.496. The van der Waals surface area contributed by atoms with Gasteiger partial charge in [0, 0.05) is 6.42 Å². The number of halogens is 1. The number of rotatable bonds is 6. The molecule has 16 heavy (non-hydrogen) atoms. The largest absolute Gasteiger partial charge is 0.491 e. The molecule has 0 spiro atoms. The maximum atomic E-state index is 12.6. The van der Waals surface area contributed by atoms with E-state index in [-0.39, 0.29) is 18.3 Å². The number of carboxylic acid groups (broad SMARTS) is 1. The molecule has 0 bridgehead atoms. The maximum Gasteiger partial charge on any atom is 0.303 e. The Bertz CT molecular complexity index is 335. The molecule has 1 aromatic carbocycles. The van der Waals surface area contributed by atoms with Crippen LogP contribution in [0.25, 0.3) is 0 Å². The lowest BCUT2D eigenvalue weighted by molar-refractivity contribution is -0.137. The standard InChI is InChI=1S/C12H15FO3/c1-9(3-2-4-12(14)15)16-11-7-5-10(13)6-8-11/h5-9H,2-4H2,1H3,(H,14,15). The first-order chi connectivity index (χ1) is 7.58.